The van der Waals surface area contributed by atoms with Crippen molar-refractivity contribution in [2.24, 2.45) is 0 Å². The first kappa shape index (κ1) is 10.7. The number of para-hydroxylation sites is 1. The van der Waals surface area contributed by atoms with Crippen molar-refractivity contribution in [2.75, 3.05) is 5.73 Å². The standard InChI is InChI=1S/C11H9F3N2/c1-6-5-9(15)16-10-7(6)3-2-4-8(10)11(12,13)14/h2-5H,1H3,(H2,15,16). The monoisotopic (exact) mass is 226 g/mol. The minimum atomic E-state index is -4.41. The number of rotatable bonds is 0. The van der Waals surface area contributed by atoms with Gasteiger partial charge in [0.25, 0.3) is 0 Å². The van der Waals surface area contributed by atoms with E-state index in [0.29, 0.717) is 10.9 Å². The smallest absolute Gasteiger partial charge is 0.384 e. The van der Waals surface area contributed by atoms with Gasteiger partial charge < -0.3 is 5.73 Å². The van der Waals surface area contributed by atoms with Crippen LogP contribution in [0.25, 0.3) is 10.9 Å². The number of aryl methyl sites for hydroxylation is 1. The maximum absolute atomic E-state index is 12.7. The lowest BCUT2D eigenvalue weighted by Gasteiger charge is -2.11. The Bertz CT molecular complexity index is 547. The third kappa shape index (κ3) is 1.68. The zero-order valence-electron chi connectivity index (χ0n) is 8.47. The molecule has 0 saturated carbocycles. The average molecular weight is 226 g/mol. The van der Waals surface area contributed by atoms with Crippen molar-refractivity contribution in [1.29, 1.82) is 0 Å². The van der Waals surface area contributed by atoms with Crippen LogP contribution in [0.5, 0.6) is 0 Å². The number of alkyl halides is 3. The predicted molar refractivity (Wildman–Crippen MR) is 55.9 cm³/mol. The van der Waals surface area contributed by atoms with E-state index in [-0.39, 0.29) is 11.3 Å². The van der Waals surface area contributed by atoms with E-state index < -0.39 is 11.7 Å². The molecule has 2 aromatic rings. The summed E-state index contributed by atoms with van der Waals surface area (Å²) in [5, 5.41) is 0.476. The van der Waals surface area contributed by atoms with E-state index in [9.17, 15) is 13.2 Å². The van der Waals surface area contributed by atoms with Crippen molar-refractivity contribution < 1.29 is 13.2 Å². The van der Waals surface area contributed by atoms with Crippen molar-refractivity contribution >= 4 is 16.7 Å². The fourth-order valence-electron chi connectivity index (χ4n) is 1.67. The molecule has 0 saturated heterocycles. The van der Waals surface area contributed by atoms with Crippen LogP contribution in [0.4, 0.5) is 19.0 Å². The Hall–Kier alpha value is -1.78. The summed E-state index contributed by atoms with van der Waals surface area (Å²) in [7, 11) is 0. The maximum Gasteiger partial charge on any atom is 0.418 e. The van der Waals surface area contributed by atoms with Crippen LogP contribution >= 0.6 is 0 Å². The van der Waals surface area contributed by atoms with E-state index in [0.717, 1.165) is 6.07 Å². The highest BCUT2D eigenvalue weighted by molar-refractivity contribution is 5.86. The highest BCUT2D eigenvalue weighted by Gasteiger charge is 2.33. The molecule has 0 aliphatic rings. The van der Waals surface area contributed by atoms with E-state index in [1.165, 1.54) is 6.07 Å². The van der Waals surface area contributed by atoms with Crippen molar-refractivity contribution in [2.45, 2.75) is 13.1 Å². The Kier molecular flexibility index (Phi) is 2.26. The number of pyridine rings is 1. The van der Waals surface area contributed by atoms with Gasteiger partial charge in [0.15, 0.2) is 0 Å². The van der Waals surface area contributed by atoms with Crippen LogP contribution in [0.3, 0.4) is 0 Å². The highest BCUT2D eigenvalue weighted by atomic mass is 19.4. The number of benzene rings is 1. The molecule has 0 bridgehead atoms. The Morgan fingerprint density at radius 3 is 2.56 bits per heavy atom. The summed E-state index contributed by atoms with van der Waals surface area (Å²) >= 11 is 0. The van der Waals surface area contributed by atoms with Crippen LogP contribution in [0, 0.1) is 6.92 Å². The zero-order valence-corrected chi connectivity index (χ0v) is 8.47. The number of nitrogen functional groups attached to an aromatic ring is 1. The van der Waals surface area contributed by atoms with Gasteiger partial charge in [0.1, 0.15) is 5.82 Å². The molecule has 1 aromatic carbocycles. The van der Waals surface area contributed by atoms with Crippen LogP contribution in [0.1, 0.15) is 11.1 Å². The Balaban J connectivity index is 2.87. The highest BCUT2D eigenvalue weighted by Crippen LogP contribution is 2.34. The molecule has 5 heteroatoms. The van der Waals surface area contributed by atoms with Crippen molar-refractivity contribution in [3.05, 3.63) is 35.4 Å². The van der Waals surface area contributed by atoms with Gasteiger partial charge in [0.2, 0.25) is 0 Å². The summed E-state index contributed by atoms with van der Waals surface area (Å²) in [6.07, 6.45) is -4.41. The molecule has 0 radical (unpaired) electrons. The van der Waals surface area contributed by atoms with E-state index in [4.69, 9.17) is 5.73 Å². The summed E-state index contributed by atoms with van der Waals surface area (Å²) in [5.41, 5.74) is 5.31. The van der Waals surface area contributed by atoms with Crippen LogP contribution in [-0.2, 0) is 6.18 Å². The third-order valence-corrected chi connectivity index (χ3v) is 2.37. The van der Waals surface area contributed by atoms with Crippen molar-refractivity contribution in [3.8, 4) is 0 Å². The lowest BCUT2D eigenvalue weighted by Crippen LogP contribution is -2.07. The fraction of sp³-hybridized carbons (Fsp3) is 0.182. The second-order valence-corrected chi connectivity index (χ2v) is 3.56. The van der Waals surface area contributed by atoms with Gasteiger partial charge in [-0.15, -0.1) is 0 Å². The van der Waals surface area contributed by atoms with Gasteiger partial charge in [-0.05, 0) is 24.6 Å². The molecule has 0 aliphatic heterocycles. The number of hydrogen-bond acceptors (Lipinski definition) is 2. The summed E-state index contributed by atoms with van der Waals surface area (Å²) in [6, 6.07) is 5.54. The topological polar surface area (TPSA) is 38.9 Å². The molecule has 16 heavy (non-hydrogen) atoms. The molecule has 0 fully saturated rings. The quantitative estimate of drug-likeness (QED) is 0.749. The summed E-state index contributed by atoms with van der Waals surface area (Å²) in [6.45, 7) is 1.71. The van der Waals surface area contributed by atoms with Gasteiger partial charge in [-0.2, -0.15) is 13.2 Å². The number of aromatic nitrogens is 1. The van der Waals surface area contributed by atoms with E-state index in [2.05, 4.69) is 4.98 Å². The summed E-state index contributed by atoms with van der Waals surface area (Å²) < 4.78 is 38.1. The molecular formula is C11H9F3N2. The Morgan fingerprint density at radius 2 is 1.94 bits per heavy atom. The minimum Gasteiger partial charge on any atom is -0.384 e. The zero-order chi connectivity index (χ0) is 11.9. The fourth-order valence-corrected chi connectivity index (χ4v) is 1.67. The van der Waals surface area contributed by atoms with Crippen LogP contribution in [-0.4, -0.2) is 4.98 Å². The van der Waals surface area contributed by atoms with Gasteiger partial charge in [-0.25, -0.2) is 4.98 Å². The number of nitrogens with zero attached hydrogens (tertiary/aromatic N) is 1. The molecule has 0 aliphatic carbocycles. The molecule has 2 rings (SSSR count). The number of fused-ring (bicyclic) bond motifs is 1. The molecular weight excluding hydrogens is 217 g/mol. The van der Waals surface area contributed by atoms with Gasteiger partial charge >= 0.3 is 6.18 Å². The molecule has 0 unspecified atom stereocenters. The third-order valence-electron chi connectivity index (χ3n) is 2.37. The van der Waals surface area contributed by atoms with Gasteiger partial charge in [-0.1, -0.05) is 12.1 Å². The molecule has 84 valence electrons. The van der Waals surface area contributed by atoms with Gasteiger partial charge in [0.05, 0.1) is 11.1 Å². The molecule has 1 aromatic heterocycles. The van der Waals surface area contributed by atoms with Crippen LogP contribution < -0.4 is 5.73 Å². The lowest BCUT2D eigenvalue weighted by atomic mass is 10.1. The van der Waals surface area contributed by atoms with E-state index >= 15 is 0 Å². The number of hydrogen-bond donors (Lipinski definition) is 1. The minimum absolute atomic E-state index is 0.0903. The molecule has 0 amide bonds. The van der Waals surface area contributed by atoms with Crippen LogP contribution in [0.2, 0.25) is 0 Å². The first-order chi connectivity index (χ1) is 7.39. The Labute approximate surface area is 89.9 Å². The first-order valence-corrected chi connectivity index (χ1v) is 4.62. The summed E-state index contributed by atoms with van der Waals surface area (Å²) in [5.74, 6) is 0.0988. The molecule has 2 N–H and O–H groups in total. The van der Waals surface area contributed by atoms with Crippen molar-refractivity contribution in [1.82, 2.24) is 4.98 Å². The lowest BCUT2D eigenvalue weighted by molar-refractivity contribution is -0.136. The van der Waals surface area contributed by atoms with E-state index in [1.54, 1.807) is 19.1 Å². The molecule has 1 heterocycles. The molecule has 0 spiro atoms. The number of nitrogens with two attached hydrogens (primary N) is 1. The largest absolute Gasteiger partial charge is 0.418 e. The second-order valence-electron chi connectivity index (χ2n) is 3.56. The molecule has 0 atom stereocenters. The average Bonchev–Trinajstić information content (AvgIpc) is 2.15. The predicted octanol–water partition coefficient (Wildman–Crippen LogP) is 3.14. The normalized spacial score (nSPS) is 12.0. The number of halogens is 3. The maximum atomic E-state index is 12.7. The van der Waals surface area contributed by atoms with Crippen LogP contribution in [0.15, 0.2) is 24.3 Å². The second kappa shape index (κ2) is 3.37. The molecule has 2 nitrogen and oxygen atoms in total. The van der Waals surface area contributed by atoms with E-state index in [1.807, 2.05) is 0 Å². The Morgan fingerprint density at radius 1 is 1.25 bits per heavy atom. The SMILES string of the molecule is Cc1cc(N)nc2c(C(F)(F)F)cccc12. The summed E-state index contributed by atoms with van der Waals surface area (Å²) in [4.78, 5) is 3.76. The van der Waals surface area contributed by atoms with Crippen molar-refractivity contribution in [3.63, 3.8) is 0 Å². The van der Waals surface area contributed by atoms with Gasteiger partial charge in [0, 0.05) is 5.39 Å². The number of anilines is 1. The first-order valence-electron chi connectivity index (χ1n) is 4.62. The van der Waals surface area contributed by atoms with Gasteiger partial charge in [-0.3, -0.25) is 0 Å².